The lowest BCUT2D eigenvalue weighted by molar-refractivity contribution is -0.142. The van der Waals surface area contributed by atoms with Crippen LogP contribution in [0.2, 0.25) is 5.15 Å². The molecule has 0 fully saturated rings. The third kappa shape index (κ3) is 4.49. The van der Waals surface area contributed by atoms with Gasteiger partial charge in [0.2, 0.25) is 0 Å². The standard InChI is InChI=1S/C22H22ClFN2O3/c1-13(2)21-17(9-8-16(27)12-20(28)29-3)22(14-4-6-15(24)7-5-14)25-26-18(21)10-11-19(26)23/h4-11,13,16,27H,12H2,1-3H3/t16-/m1/s1. The fourth-order valence-electron chi connectivity index (χ4n) is 3.25. The minimum absolute atomic E-state index is 0.114. The van der Waals surface area contributed by atoms with Gasteiger partial charge in [0.1, 0.15) is 11.0 Å². The van der Waals surface area contributed by atoms with Gasteiger partial charge in [-0.05, 0) is 47.9 Å². The van der Waals surface area contributed by atoms with Gasteiger partial charge in [-0.2, -0.15) is 5.10 Å². The summed E-state index contributed by atoms with van der Waals surface area (Å²) in [5.41, 5.74) is 3.91. The summed E-state index contributed by atoms with van der Waals surface area (Å²) in [7, 11) is 1.27. The first kappa shape index (κ1) is 21.0. The third-order valence-electron chi connectivity index (χ3n) is 4.61. The first-order valence-corrected chi connectivity index (χ1v) is 9.59. The van der Waals surface area contributed by atoms with Crippen LogP contribution in [0.3, 0.4) is 0 Å². The Bertz CT molecular complexity index is 1060. The molecular formula is C22H22ClFN2O3. The number of ether oxygens (including phenoxy) is 1. The SMILES string of the molecule is COC(=O)C[C@H](O)C=Cc1c(-c2ccc(F)cc2)nn2c(Cl)ccc2c1C(C)C. The maximum Gasteiger partial charge on any atom is 0.308 e. The number of methoxy groups -OCH3 is 1. The number of nitrogens with zero attached hydrogens (tertiary/aromatic N) is 2. The molecule has 1 N–H and O–H groups in total. The quantitative estimate of drug-likeness (QED) is 0.583. The van der Waals surface area contributed by atoms with Crippen LogP contribution in [0.1, 0.15) is 37.3 Å². The minimum Gasteiger partial charge on any atom is -0.469 e. The molecule has 0 amide bonds. The topological polar surface area (TPSA) is 63.8 Å². The van der Waals surface area contributed by atoms with E-state index in [0.29, 0.717) is 16.4 Å². The molecule has 0 aliphatic carbocycles. The number of halogens is 2. The van der Waals surface area contributed by atoms with Gasteiger partial charge in [0.15, 0.2) is 0 Å². The molecule has 7 heteroatoms. The normalized spacial score (nSPS) is 12.8. The number of rotatable bonds is 6. The van der Waals surface area contributed by atoms with Crippen molar-refractivity contribution in [3.05, 3.63) is 64.6 Å². The number of aliphatic hydroxyl groups excluding tert-OH is 1. The van der Waals surface area contributed by atoms with Crippen LogP contribution in [0.5, 0.6) is 0 Å². The van der Waals surface area contributed by atoms with Crippen molar-refractivity contribution in [2.45, 2.75) is 32.3 Å². The Hall–Kier alpha value is -2.70. The van der Waals surface area contributed by atoms with Gasteiger partial charge in [-0.1, -0.05) is 37.6 Å². The summed E-state index contributed by atoms with van der Waals surface area (Å²) in [5.74, 6) is -0.733. The van der Waals surface area contributed by atoms with E-state index in [0.717, 1.165) is 16.6 Å². The molecule has 0 bridgehead atoms. The van der Waals surface area contributed by atoms with Crippen molar-refractivity contribution in [1.29, 1.82) is 0 Å². The molecule has 0 radical (unpaired) electrons. The zero-order chi connectivity index (χ0) is 21.1. The summed E-state index contributed by atoms with van der Waals surface area (Å²) >= 11 is 6.32. The van der Waals surface area contributed by atoms with E-state index < -0.39 is 12.1 Å². The highest BCUT2D eigenvalue weighted by Crippen LogP contribution is 2.34. The van der Waals surface area contributed by atoms with Crippen LogP contribution < -0.4 is 0 Å². The number of hydrogen-bond acceptors (Lipinski definition) is 4. The second-order valence-corrected chi connectivity index (χ2v) is 7.38. The number of benzene rings is 1. The number of hydrogen-bond donors (Lipinski definition) is 1. The van der Waals surface area contributed by atoms with Crippen molar-refractivity contribution in [1.82, 2.24) is 9.61 Å². The first-order chi connectivity index (χ1) is 13.8. The van der Waals surface area contributed by atoms with Crippen molar-refractivity contribution in [3.63, 3.8) is 0 Å². The molecule has 2 aromatic heterocycles. The number of carbonyl (C=O) groups excluding carboxylic acids is 1. The molecule has 3 rings (SSSR count). The van der Waals surface area contributed by atoms with Gasteiger partial charge in [0.25, 0.3) is 0 Å². The zero-order valence-electron chi connectivity index (χ0n) is 16.4. The number of esters is 1. The van der Waals surface area contributed by atoms with Crippen LogP contribution in [0.4, 0.5) is 4.39 Å². The summed E-state index contributed by atoms with van der Waals surface area (Å²) in [5, 5.41) is 15.3. The minimum atomic E-state index is -1.00. The van der Waals surface area contributed by atoms with Crippen LogP contribution in [-0.2, 0) is 9.53 Å². The molecule has 29 heavy (non-hydrogen) atoms. The molecule has 5 nitrogen and oxygen atoms in total. The van der Waals surface area contributed by atoms with Crippen LogP contribution in [-0.4, -0.2) is 33.9 Å². The van der Waals surface area contributed by atoms with E-state index in [2.05, 4.69) is 9.84 Å². The summed E-state index contributed by atoms with van der Waals surface area (Å²) in [6, 6.07) is 9.69. The van der Waals surface area contributed by atoms with E-state index in [1.54, 1.807) is 28.8 Å². The number of aliphatic hydroxyl groups is 1. The summed E-state index contributed by atoms with van der Waals surface area (Å²) in [6.07, 6.45) is 2.13. The lowest BCUT2D eigenvalue weighted by Crippen LogP contribution is -2.12. The van der Waals surface area contributed by atoms with Crippen molar-refractivity contribution in [2.24, 2.45) is 0 Å². The fraction of sp³-hybridized carbons (Fsp3) is 0.273. The van der Waals surface area contributed by atoms with Gasteiger partial charge in [-0.25, -0.2) is 8.91 Å². The molecule has 0 saturated heterocycles. The average molecular weight is 417 g/mol. The molecule has 0 unspecified atom stereocenters. The highest BCUT2D eigenvalue weighted by Gasteiger charge is 2.19. The second-order valence-electron chi connectivity index (χ2n) is 7.00. The monoisotopic (exact) mass is 416 g/mol. The molecule has 0 saturated carbocycles. The summed E-state index contributed by atoms with van der Waals surface area (Å²) in [4.78, 5) is 11.4. The Balaban J connectivity index is 2.21. The molecule has 0 aliphatic rings. The number of carbonyl (C=O) groups is 1. The highest BCUT2D eigenvalue weighted by molar-refractivity contribution is 6.30. The van der Waals surface area contributed by atoms with Crippen molar-refractivity contribution in [3.8, 4) is 11.3 Å². The van der Waals surface area contributed by atoms with E-state index in [1.807, 2.05) is 19.9 Å². The summed E-state index contributed by atoms with van der Waals surface area (Å²) < 4.78 is 19.7. The first-order valence-electron chi connectivity index (χ1n) is 9.22. The lowest BCUT2D eigenvalue weighted by atomic mass is 9.93. The zero-order valence-corrected chi connectivity index (χ0v) is 17.2. The number of aromatic nitrogens is 2. The van der Waals surface area contributed by atoms with Crippen molar-refractivity contribution in [2.75, 3.05) is 7.11 Å². The molecular weight excluding hydrogens is 395 g/mol. The van der Waals surface area contributed by atoms with Gasteiger partial charge in [-0.15, -0.1) is 0 Å². The Morgan fingerprint density at radius 1 is 1.28 bits per heavy atom. The Morgan fingerprint density at radius 3 is 2.59 bits per heavy atom. The average Bonchev–Trinajstić information content (AvgIpc) is 3.06. The Morgan fingerprint density at radius 2 is 1.97 bits per heavy atom. The van der Waals surface area contributed by atoms with Crippen molar-refractivity contribution >= 4 is 29.2 Å². The third-order valence-corrected chi connectivity index (χ3v) is 4.90. The van der Waals surface area contributed by atoms with E-state index in [-0.39, 0.29) is 18.2 Å². The van der Waals surface area contributed by atoms with Gasteiger partial charge >= 0.3 is 5.97 Å². The van der Waals surface area contributed by atoms with E-state index in [9.17, 15) is 14.3 Å². The van der Waals surface area contributed by atoms with Crippen molar-refractivity contribution < 1.29 is 19.0 Å². The van der Waals surface area contributed by atoms with Gasteiger partial charge < -0.3 is 9.84 Å². The van der Waals surface area contributed by atoms with Crippen LogP contribution >= 0.6 is 11.6 Å². The molecule has 152 valence electrons. The second kappa shape index (κ2) is 8.76. The summed E-state index contributed by atoms with van der Waals surface area (Å²) in [6.45, 7) is 4.10. The maximum absolute atomic E-state index is 13.4. The molecule has 0 spiro atoms. The van der Waals surface area contributed by atoms with Gasteiger partial charge in [-0.3, -0.25) is 4.79 Å². The molecule has 1 atom stereocenters. The van der Waals surface area contributed by atoms with Gasteiger partial charge in [0, 0.05) is 11.1 Å². The molecule has 3 aromatic rings. The predicted octanol–water partition coefficient (Wildman–Crippen LogP) is 4.85. The van der Waals surface area contributed by atoms with Crippen LogP contribution in [0, 0.1) is 5.82 Å². The van der Waals surface area contributed by atoms with E-state index in [4.69, 9.17) is 11.6 Å². The van der Waals surface area contributed by atoms with E-state index in [1.165, 1.54) is 25.3 Å². The van der Waals surface area contributed by atoms with Crippen LogP contribution in [0.25, 0.3) is 22.9 Å². The predicted molar refractivity (Wildman–Crippen MR) is 111 cm³/mol. The lowest BCUT2D eigenvalue weighted by Gasteiger charge is -2.17. The largest absolute Gasteiger partial charge is 0.469 e. The fourth-order valence-corrected chi connectivity index (χ4v) is 3.45. The smallest absolute Gasteiger partial charge is 0.308 e. The Kier molecular flexibility index (Phi) is 6.35. The highest BCUT2D eigenvalue weighted by atomic mass is 35.5. The maximum atomic E-state index is 13.4. The van der Waals surface area contributed by atoms with Crippen LogP contribution in [0.15, 0.2) is 42.5 Å². The molecule has 1 aromatic carbocycles. The number of fused-ring (bicyclic) bond motifs is 1. The molecule has 0 aliphatic heterocycles. The molecule has 2 heterocycles. The van der Waals surface area contributed by atoms with E-state index >= 15 is 0 Å². The Labute approximate surface area is 173 Å². The van der Waals surface area contributed by atoms with Gasteiger partial charge in [0.05, 0.1) is 30.8 Å².